The van der Waals surface area contributed by atoms with Crippen LogP contribution in [0.4, 0.5) is 0 Å². The monoisotopic (exact) mass is 332 g/mol. The first-order chi connectivity index (χ1) is 12.3. The SMILES string of the molecule is N#Cc1ccnc(C(=O)N2CCCC(c3nnc4ccccn34)C2)c1. The Morgan fingerprint density at radius 2 is 2.20 bits per heavy atom. The Kier molecular flexibility index (Phi) is 3.86. The van der Waals surface area contributed by atoms with E-state index >= 15 is 0 Å². The van der Waals surface area contributed by atoms with E-state index in [9.17, 15) is 4.79 Å². The lowest BCUT2D eigenvalue weighted by atomic mass is 9.97. The topological polar surface area (TPSA) is 87.2 Å². The minimum atomic E-state index is -0.143. The number of likely N-dealkylation sites (tertiary alicyclic amines) is 1. The summed E-state index contributed by atoms with van der Waals surface area (Å²) in [5, 5.41) is 17.5. The molecule has 1 saturated heterocycles. The first-order valence-electron chi connectivity index (χ1n) is 8.21. The first-order valence-corrected chi connectivity index (χ1v) is 8.21. The van der Waals surface area contributed by atoms with Crippen molar-refractivity contribution in [2.75, 3.05) is 13.1 Å². The summed E-state index contributed by atoms with van der Waals surface area (Å²) < 4.78 is 1.98. The van der Waals surface area contributed by atoms with Gasteiger partial charge in [-0.05, 0) is 37.1 Å². The third-order valence-corrected chi connectivity index (χ3v) is 4.52. The lowest BCUT2D eigenvalue weighted by Gasteiger charge is -2.31. The van der Waals surface area contributed by atoms with Crippen molar-refractivity contribution >= 4 is 11.6 Å². The van der Waals surface area contributed by atoms with Gasteiger partial charge in [-0.25, -0.2) is 0 Å². The molecule has 0 aromatic carbocycles. The second-order valence-corrected chi connectivity index (χ2v) is 6.12. The summed E-state index contributed by atoms with van der Waals surface area (Å²) in [6, 6.07) is 11.0. The molecular weight excluding hydrogens is 316 g/mol. The number of carbonyl (C=O) groups is 1. The van der Waals surface area contributed by atoms with Gasteiger partial charge in [0.05, 0.1) is 11.6 Å². The zero-order chi connectivity index (χ0) is 17.2. The molecule has 1 unspecified atom stereocenters. The van der Waals surface area contributed by atoms with Crippen molar-refractivity contribution in [2.24, 2.45) is 0 Å². The summed E-state index contributed by atoms with van der Waals surface area (Å²) in [6.07, 6.45) is 5.31. The predicted octanol–water partition coefficient (Wildman–Crippen LogP) is 2.02. The zero-order valence-corrected chi connectivity index (χ0v) is 13.5. The summed E-state index contributed by atoms with van der Waals surface area (Å²) in [7, 11) is 0. The van der Waals surface area contributed by atoms with Crippen molar-refractivity contribution in [3.05, 3.63) is 59.8 Å². The molecule has 4 rings (SSSR count). The highest BCUT2D eigenvalue weighted by molar-refractivity contribution is 5.92. The second-order valence-electron chi connectivity index (χ2n) is 6.12. The van der Waals surface area contributed by atoms with Crippen LogP contribution in [-0.2, 0) is 0 Å². The fourth-order valence-electron chi connectivity index (χ4n) is 3.29. The van der Waals surface area contributed by atoms with Crippen molar-refractivity contribution in [3.8, 4) is 6.07 Å². The maximum atomic E-state index is 12.8. The lowest BCUT2D eigenvalue weighted by Crippen LogP contribution is -2.40. The van der Waals surface area contributed by atoms with Gasteiger partial charge in [-0.3, -0.25) is 14.2 Å². The van der Waals surface area contributed by atoms with E-state index in [-0.39, 0.29) is 11.8 Å². The smallest absolute Gasteiger partial charge is 0.272 e. The van der Waals surface area contributed by atoms with Crippen LogP contribution >= 0.6 is 0 Å². The van der Waals surface area contributed by atoms with Gasteiger partial charge in [-0.15, -0.1) is 10.2 Å². The summed E-state index contributed by atoms with van der Waals surface area (Å²) in [5.74, 6) is 0.872. The van der Waals surface area contributed by atoms with Gasteiger partial charge in [0.15, 0.2) is 5.65 Å². The highest BCUT2D eigenvalue weighted by Crippen LogP contribution is 2.26. The molecule has 3 aromatic heterocycles. The van der Waals surface area contributed by atoms with Crippen molar-refractivity contribution in [1.29, 1.82) is 5.26 Å². The third-order valence-electron chi connectivity index (χ3n) is 4.52. The summed E-state index contributed by atoms with van der Waals surface area (Å²) in [4.78, 5) is 18.7. The van der Waals surface area contributed by atoms with Crippen LogP contribution in [0.25, 0.3) is 5.65 Å². The molecule has 1 aliphatic heterocycles. The van der Waals surface area contributed by atoms with Gasteiger partial charge in [0, 0.05) is 31.4 Å². The summed E-state index contributed by atoms with van der Waals surface area (Å²) >= 11 is 0. The highest BCUT2D eigenvalue weighted by atomic mass is 16.2. The van der Waals surface area contributed by atoms with E-state index in [1.807, 2.05) is 34.9 Å². The fourth-order valence-corrected chi connectivity index (χ4v) is 3.29. The van der Waals surface area contributed by atoms with Crippen LogP contribution in [-0.4, -0.2) is 43.5 Å². The van der Waals surface area contributed by atoms with E-state index in [4.69, 9.17) is 5.26 Å². The van der Waals surface area contributed by atoms with E-state index in [0.717, 1.165) is 24.3 Å². The van der Waals surface area contributed by atoms with Gasteiger partial charge >= 0.3 is 0 Å². The van der Waals surface area contributed by atoms with E-state index in [0.29, 0.717) is 24.3 Å². The van der Waals surface area contributed by atoms with Crippen LogP contribution in [0.2, 0.25) is 0 Å². The van der Waals surface area contributed by atoms with Crippen molar-refractivity contribution in [1.82, 2.24) is 24.5 Å². The van der Waals surface area contributed by atoms with Crippen LogP contribution in [0.5, 0.6) is 0 Å². The molecule has 3 aromatic rings. The standard InChI is InChI=1S/C18H16N6O/c19-11-13-6-7-20-15(10-13)18(25)23-8-3-4-14(12-23)17-22-21-16-5-1-2-9-24(16)17/h1-2,5-7,9-10,14H,3-4,8,12H2. The molecule has 1 fully saturated rings. The van der Waals surface area contributed by atoms with Crippen LogP contribution < -0.4 is 0 Å². The van der Waals surface area contributed by atoms with Gasteiger partial charge in [-0.2, -0.15) is 5.26 Å². The van der Waals surface area contributed by atoms with E-state index in [1.165, 1.54) is 6.20 Å². The van der Waals surface area contributed by atoms with Crippen molar-refractivity contribution in [3.63, 3.8) is 0 Å². The second kappa shape index (κ2) is 6.32. The largest absolute Gasteiger partial charge is 0.337 e. The van der Waals surface area contributed by atoms with Gasteiger partial charge < -0.3 is 4.90 Å². The Bertz CT molecular complexity index is 973. The quantitative estimate of drug-likeness (QED) is 0.716. The molecule has 0 spiro atoms. The molecule has 0 N–H and O–H groups in total. The van der Waals surface area contributed by atoms with Crippen LogP contribution in [0.1, 0.15) is 40.6 Å². The molecule has 0 saturated carbocycles. The van der Waals surface area contributed by atoms with Crippen molar-refractivity contribution < 1.29 is 4.79 Å². The first kappa shape index (κ1) is 15.3. The summed E-state index contributed by atoms with van der Waals surface area (Å²) in [5.41, 5.74) is 1.56. The molecule has 0 aliphatic carbocycles. The predicted molar refractivity (Wildman–Crippen MR) is 89.8 cm³/mol. The van der Waals surface area contributed by atoms with Crippen LogP contribution in [0.3, 0.4) is 0 Å². The summed E-state index contributed by atoms with van der Waals surface area (Å²) in [6.45, 7) is 1.26. The number of aromatic nitrogens is 4. The Morgan fingerprint density at radius 3 is 3.08 bits per heavy atom. The van der Waals surface area contributed by atoms with Gasteiger partial charge in [0.1, 0.15) is 11.5 Å². The van der Waals surface area contributed by atoms with Gasteiger partial charge in [-0.1, -0.05) is 6.07 Å². The maximum absolute atomic E-state index is 12.8. The lowest BCUT2D eigenvalue weighted by molar-refractivity contribution is 0.0698. The number of nitriles is 1. The molecule has 1 aliphatic rings. The number of fused-ring (bicyclic) bond motifs is 1. The molecular formula is C18H16N6O. The number of amides is 1. The average Bonchev–Trinajstić information content (AvgIpc) is 3.12. The number of hydrogen-bond donors (Lipinski definition) is 0. The Hall–Kier alpha value is -3.27. The molecule has 7 heteroatoms. The number of nitrogens with zero attached hydrogens (tertiary/aromatic N) is 6. The van der Waals surface area contributed by atoms with Gasteiger partial charge in [0.25, 0.3) is 5.91 Å². The molecule has 7 nitrogen and oxygen atoms in total. The zero-order valence-electron chi connectivity index (χ0n) is 13.5. The average molecular weight is 332 g/mol. The Morgan fingerprint density at radius 1 is 1.28 bits per heavy atom. The number of hydrogen-bond acceptors (Lipinski definition) is 5. The van der Waals surface area contributed by atoms with Gasteiger partial charge in [0.2, 0.25) is 0 Å². The molecule has 1 atom stereocenters. The Balaban J connectivity index is 1.58. The molecule has 124 valence electrons. The normalized spacial score (nSPS) is 17.4. The minimum absolute atomic E-state index is 0.134. The maximum Gasteiger partial charge on any atom is 0.272 e. The fraction of sp³-hybridized carbons (Fsp3) is 0.278. The number of pyridine rings is 2. The highest BCUT2D eigenvalue weighted by Gasteiger charge is 2.29. The van der Waals surface area contributed by atoms with Crippen molar-refractivity contribution in [2.45, 2.75) is 18.8 Å². The molecule has 1 amide bonds. The minimum Gasteiger partial charge on any atom is -0.337 e. The molecule has 0 radical (unpaired) electrons. The molecule has 0 bridgehead atoms. The van der Waals surface area contributed by atoms with E-state index < -0.39 is 0 Å². The Labute approximate surface area is 144 Å². The molecule has 4 heterocycles. The number of carbonyl (C=O) groups excluding carboxylic acids is 1. The van der Waals surface area contributed by atoms with Crippen LogP contribution in [0.15, 0.2) is 42.7 Å². The van der Waals surface area contributed by atoms with Crippen LogP contribution in [0, 0.1) is 11.3 Å². The third kappa shape index (κ3) is 2.83. The number of piperidine rings is 1. The van der Waals surface area contributed by atoms with E-state index in [2.05, 4.69) is 15.2 Å². The molecule has 25 heavy (non-hydrogen) atoms. The number of rotatable bonds is 2. The van der Waals surface area contributed by atoms with E-state index in [1.54, 1.807) is 17.0 Å².